The molecule has 0 saturated carbocycles. The molecule has 1 aromatic carbocycles. The summed E-state index contributed by atoms with van der Waals surface area (Å²) in [4.78, 5) is 0. The van der Waals surface area contributed by atoms with Crippen LogP contribution < -0.4 is 5.32 Å². The third kappa shape index (κ3) is 3.42. The molecule has 0 aliphatic heterocycles. The van der Waals surface area contributed by atoms with Crippen LogP contribution >= 0.6 is 0 Å². The molecule has 0 bridgehead atoms. The summed E-state index contributed by atoms with van der Waals surface area (Å²) in [6, 6.07) is 4.92. The molecule has 0 spiro atoms. The predicted octanol–water partition coefficient (Wildman–Crippen LogP) is 1.22. The first-order valence-corrected chi connectivity index (χ1v) is 4.88. The second kappa shape index (κ2) is 5.58. The van der Waals surface area contributed by atoms with Crippen molar-refractivity contribution in [3.63, 3.8) is 0 Å². The molecule has 0 aliphatic rings. The van der Waals surface area contributed by atoms with Crippen LogP contribution in [0.4, 0.5) is 0 Å². The lowest BCUT2D eigenvalue weighted by molar-refractivity contribution is 0.117. The van der Waals surface area contributed by atoms with Crippen molar-refractivity contribution in [3.8, 4) is 11.5 Å². The first-order valence-electron chi connectivity index (χ1n) is 4.88. The zero-order chi connectivity index (χ0) is 11.3. The van der Waals surface area contributed by atoms with Crippen molar-refractivity contribution in [3.05, 3.63) is 23.8 Å². The van der Waals surface area contributed by atoms with Crippen LogP contribution in [0.15, 0.2) is 18.2 Å². The maximum atomic E-state index is 9.50. The first kappa shape index (κ1) is 11.8. The fourth-order valence-electron chi connectivity index (χ4n) is 1.21. The number of aromatic hydroxyl groups is 2. The summed E-state index contributed by atoms with van der Waals surface area (Å²) < 4.78 is 5.07. The lowest BCUT2D eigenvalue weighted by Crippen LogP contribution is -2.25. The van der Waals surface area contributed by atoms with Crippen LogP contribution in [0, 0.1) is 0 Å². The largest absolute Gasteiger partial charge is 0.504 e. The van der Waals surface area contributed by atoms with Gasteiger partial charge in [-0.05, 0) is 13.0 Å². The summed E-state index contributed by atoms with van der Waals surface area (Å²) in [5.74, 6) is -0.149. The Morgan fingerprint density at radius 2 is 2.13 bits per heavy atom. The molecule has 4 nitrogen and oxygen atoms in total. The molecule has 0 aromatic heterocycles. The highest BCUT2D eigenvalue weighted by Crippen LogP contribution is 2.27. The van der Waals surface area contributed by atoms with Crippen LogP contribution in [-0.4, -0.2) is 30.0 Å². The highest BCUT2D eigenvalue weighted by Gasteiger charge is 2.05. The molecular weight excluding hydrogens is 194 g/mol. The van der Waals surface area contributed by atoms with Crippen LogP contribution in [0.3, 0.4) is 0 Å². The van der Waals surface area contributed by atoms with Crippen molar-refractivity contribution in [2.45, 2.75) is 19.6 Å². The van der Waals surface area contributed by atoms with E-state index in [2.05, 4.69) is 5.32 Å². The lowest BCUT2D eigenvalue weighted by atomic mass is 10.2. The summed E-state index contributed by atoms with van der Waals surface area (Å²) >= 11 is 0. The fourth-order valence-corrected chi connectivity index (χ4v) is 1.21. The number of hydrogen-bond acceptors (Lipinski definition) is 4. The zero-order valence-electron chi connectivity index (χ0n) is 9.03. The van der Waals surface area contributed by atoms with Gasteiger partial charge in [-0.2, -0.15) is 0 Å². The van der Waals surface area contributed by atoms with Gasteiger partial charge in [0.15, 0.2) is 11.5 Å². The third-order valence-electron chi connectivity index (χ3n) is 2.25. The fraction of sp³-hybridized carbons (Fsp3) is 0.455. The maximum Gasteiger partial charge on any atom is 0.161 e. The highest BCUT2D eigenvalue weighted by molar-refractivity contribution is 5.44. The van der Waals surface area contributed by atoms with Gasteiger partial charge in [0.25, 0.3) is 0 Å². The summed E-state index contributed by atoms with van der Waals surface area (Å²) in [7, 11) is 1.65. The second-order valence-electron chi connectivity index (χ2n) is 3.46. The second-order valence-corrected chi connectivity index (χ2v) is 3.46. The van der Waals surface area contributed by atoms with Gasteiger partial charge in [-0.25, -0.2) is 0 Å². The number of benzene rings is 1. The minimum atomic E-state index is -0.0888. The topological polar surface area (TPSA) is 61.7 Å². The van der Waals surface area contributed by atoms with Crippen LogP contribution in [0.1, 0.15) is 12.5 Å². The van der Waals surface area contributed by atoms with Crippen molar-refractivity contribution in [1.82, 2.24) is 5.32 Å². The number of nitrogens with one attached hydrogen (secondary N) is 1. The maximum absolute atomic E-state index is 9.50. The standard InChI is InChI=1S/C11H17NO3/c1-8(15-2)6-12-7-9-4-3-5-10(13)11(9)14/h3-5,8,12-14H,6-7H2,1-2H3. The number of hydrogen-bond donors (Lipinski definition) is 3. The number of rotatable bonds is 5. The minimum absolute atomic E-state index is 0.0601. The molecule has 1 rings (SSSR count). The molecule has 1 atom stereocenters. The van der Waals surface area contributed by atoms with E-state index in [1.807, 2.05) is 6.92 Å². The summed E-state index contributed by atoms with van der Waals surface area (Å²) in [5.41, 5.74) is 0.679. The van der Waals surface area contributed by atoms with Crippen LogP contribution in [-0.2, 0) is 11.3 Å². The van der Waals surface area contributed by atoms with Gasteiger partial charge < -0.3 is 20.3 Å². The van der Waals surface area contributed by atoms with Crippen molar-refractivity contribution in [2.75, 3.05) is 13.7 Å². The molecule has 1 aromatic rings. The van der Waals surface area contributed by atoms with Crippen LogP contribution in [0.2, 0.25) is 0 Å². The predicted molar refractivity (Wildman–Crippen MR) is 57.9 cm³/mol. The van der Waals surface area contributed by atoms with Crippen molar-refractivity contribution in [1.29, 1.82) is 0 Å². The number of phenolic OH excluding ortho intramolecular Hbond substituents is 2. The van der Waals surface area contributed by atoms with E-state index in [1.165, 1.54) is 6.07 Å². The van der Waals surface area contributed by atoms with Crippen molar-refractivity contribution >= 4 is 0 Å². The van der Waals surface area contributed by atoms with E-state index in [-0.39, 0.29) is 17.6 Å². The van der Waals surface area contributed by atoms with E-state index in [0.29, 0.717) is 18.7 Å². The Balaban J connectivity index is 2.47. The third-order valence-corrected chi connectivity index (χ3v) is 2.25. The number of para-hydroxylation sites is 1. The van der Waals surface area contributed by atoms with E-state index in [4.69, 9.17) is 4.74 Å². The van der Waals surface area contributed by atoms with Gasteiger partial charge in [0, 0.05) is 25.8 Å². The quantitative estimate of drug-likeness (QED) is 0.641. The molecule has 15 heavy (non-hydrogen) atoms. The van der Waals surface area contributed by atoms with Crippen molar-refractivity contribution < 1.29 is 14.9 Å². The van der Waals surface area contributed by atoms with Gasteiger partial charge in [0.1, 0.15) is 0 Å². The Bertz CT molecular complexity index is 315. The molecule has 3 N–H and O–H groups in total. The van der Waals surface area contributed by atoms with Gasteiger partial charge in [-0.1, -0.05) is 12.1 Å². The zero-order valence-corrected chi connectivity index (χ0v) is 9.03. The normalized spacial score (nSPS) is 12.7. The molecule has 0 heterocycles. The van der Waals surface area contributed by atoms with Crippen molar-refractivity contribution in [2.24, 2.45) is 0 Å². The molecule has 0 amide bonds. The Hall–Kier alpha value is -1.26. The monoisotopic (exact) mass is 211 g/mol. The average Bonchev–Trinajstić information content (AvgIpc) is 2.24. The molecule has 4 heteroatoms. The molecule has 0 saturated heterocycles. The SMILES string of the molecule is COC(C)CNCc1cccc(O)c1O. The van der Waals surface area contributed by atoms with Gasteiger partial charge >= 0.3 is 0 Å². The van der Waals surface area contributed by atoms with E-state index < -0.39 is 0 Å². The summed E-state index contributed by atoms with van der Waals surface area (Å²) in [6.07, 6.45) is 0.129. The van der Waals surface area contributed by atoms with Gasteiger partial charge in [-0.15, -0.1) is 0 Å². The van der Waals surface area contributed by atoms with Gasteiger partial charge in [-0.3, -0.25) is 0 Å². The lowest BCUT2D eigenvalue weighted by Gasteiger charge is -2.11. The molecule has 0 radical (unpaired) electrons. The van der Waals surface area contributed by atoms with Gasteiger partial charge in [0.05, 0.1) is 6.10 Å². The number of methoxy groups -OCH3 is 1. The Morgan fingerprint density at radius 1 is 1.40 bits per heavy atom. The molecule has 84 valence electrons. The first-order chi connectivity index (χ1) is 7.15. The van der Waals surface area contributed by atoms with E-state index >= 15 is 0 Å². The van der Waals surface area contributed by atoms with E-state index in [1.54, 1.807) is 19.2 Å². The Labute approximate surface area is 89.5 Å². The smallest absolute Gasteiger partial charge is 0.161 e. The van der Waals surface area contributed by atoms with E-state index in [9.17, 15) is 10.2 Å². The minimum Gasteiger partial charge on any atom is -0.504 e. The molecule has 0 aliphatic carbocycles. The Kier molecular flexibility index (Phi) is 4.39. The highest BCUT2D eigenvalue weighted by atomic mass is 16.5. The molecular formula is C11H17NO3. The van der Waals surface area contributed by atoms with Gasteiger partial charge in [0.2, 0.25) is 0 Å². The summed E-state index contributed by atoms with van der Waals surface area (Å²) in [6.45, 7) is 3.16. The molecule has 0 fully saturated rings. The van der Waals surface area contributed by atoms with E-state index in [0.717, 1.165) is 0 Å². The van der Waals surface area contributed by atoms with Crippen LogP contribution in [0.5, 0.6) is 11.5 Å². The number of ether oxygens (including phenoxy) is 1. The molecule has 1 unspecified atom stereocenters. The number of phenols is 2. The Morgan fingerprint density at radius 3 is 2.80 bits per heavy atom. The van der Waals surface area contributed by atoms with Crippen LogP contribution in [0.25, 0.3) is 0 Å². The average molecular weight is 211 g/mol. The summed E-state index contributed by atoms with van der Waals surface area (Å²) in [5, 5.41) is 21.9.